The number of nitrogens with two attached hydrogens (primary N) is 2. The number of carboxylic acid groups (broad SMARTS) is 2. The van der Waals surface area contributed by atoms with Gasteiger partial charge in [0.15, 0.2) is 0 Å². The number of phenols is 1. The minimum atomic E-state index is -1.50. The largest absolute Gasteiger partial charge is 0.508 e. The van der Waals surface area contributed by atoms with Crippen LogP contribution in [0.1, 0.15) is 51.5 Å². The molecule has 0 heterocycles. The monoisotopic (exact) mass is 537 g/mol. The number of hydrogen-bond acceptors (Lipinski definition) is 8. The molecule has 4 atom stereocenters. The van der Waals surface area contributed by atoms with E-state index in [9.17, 15) is 34.2 Å². The van der Waals surface area contributed by atoms with Crippen molar-refractivity contribution in [2.45, 2.75) is 76.5 Å². The first-order valence-electron chi connectivity index (χ1n) is 12.4. The molecule has 1 aromatic carbocycles. The molecule has 0 saturated carbocycles. The first kappa shape index (κ1) is 32.3. The zero-order chi connectivity index (χ0) is 28.8. The van der Waals surface area contributed by atoms with Crippen LogP contribution in [-0.4, -0.2) is 75.7 Å². The van der Waals surface area contributed by atoms with Crippen LogP contribution in [0.4, 0.5) is 0 Å². The Hall–Kier alpha value is -3.71. The van der Waals surface area contributed by atoms with Crippen molar-refractivity contribution in [2.75, 3.05) is 6.54 Å². The van der Waals surface area contributed by atoms with Gasteiger partial charge in [-0.15, -0.1) is 0 Å². The molecule has 13 nitrogen and oxygen atoms in total. The van der Waals surface area contributed by atoms with Gasteiger partial charge in [0.1, 0.15) is 23.9 Å². The van der Waals surface area contributed by atoms with Crippen LogP contribution in [0.3, 0.4) is 0 Å². The highest BCUT2D eigenvalue weighted by Gasteiger charge is 2.32. The van der Waals surface area contributed by atoms with E-state index in [0.717, 1.165) is 0 Å². The molecule has 0 aliphatic carbocycles. The number of benzene rings is 1. The Morgan fingerprint density at radius 3 is 1.97 bits per heavy atom. The molecule has 13 heteroatoms. The maximum absolute atomic E-state index is 13.2. The third kappa shape index (κ3) is 11.6. The maximum atomic E-state index is 13.2. The summed E-state index contributed by atoms with van der Waals surface area (Å²) in [5, 5.41) is 35.3. The van der Waals surface area contributed by atoms with E-state index in [1.807, 2.05) is 0 Å². The Bertz CT molecular complexity index is 954. The first-order valence-corrected chi connectivity index (χ1v) is 12.4. The normalized spacial score (nSPS) is 14.1. The Balaban J connectivity index is 3.08. The number of unbranched alkanes of at least 4 members (excludes halogenated alkanes) is 1. The third-order valence-corrected chi connectivity index (χ3v) is 5.82. The number of nitrogens with one attached hydrogen (secondary N) is 3. The average molecular weight is 538 g/mol. The predicted molar refractivity (Wildman–Crippen MR) is 138 cm³/mol. The lowest BCUT2D eigenvalue weighted by Gasteiger charge is -2.27. The van der Waals surface area contributed by atoms with Crippen molar-refractivity contribution in [3.05, 3.63) is 29.8 Å². The number of carbonyl (C=O) groups is 5. The smallest absolute Gasteiger partial charge is 0.326 e. The molecule has 10 N–H and O–H groups in total. The molecule has 0 aliphatic rings. The number of carbonyl (C=O) groups excluding carboxylic acids is 3. The van der Waals surface area contributed by atoms with E-state index < -0.39 is 60.2 Å². The highest BCUT2D eigenvalue weighted by atomic mass is 16.4. The fourth-order valence-corrected chi connectivity index (χ4v) is 3.57. The van der Waals surface area contributed by atoms with Crippen LogP contribution in [0, 0.1) is 5.92 Å². The number of phenolic OH excluding ortho intramolecular Hbond substituents is 1. The van der Waals surface area contributed by atoms with E-state index in [1.54, 1.807) is 13.8 Å². The van der Waals surface area contributed by atoms with Crippen molar-refractivity contribution < 1.29 is 39.3 Å². The van der Waals surface area contributed by atoms with Crippen LogP contribution in [0.25, 0.3) is 0 Å². The van der Waals surface area contributed by atoms with Crippen LogP contribution in [0.2, 0.25) is 0 Å². The zero-order valence-electron chi connectivity index (χ0n) is 21.7. The van der Waals surface area contributed by atoms with Gasteiger partial charge < -0.3 is 42.7 Å². The Kier molecular flexibility index (Phi) is 13.8. The molecule has 212 valence electrons. The lowest BCUT2D eigenvalue weighted by molar-refractivity contribution is -0.143. The van der Waals surface area contributed by atoms with Crippen LogP contribution >= 0.6 is 0 Å². The Labute approximate surface area is 221 Å². The zero-order valence-corrected chi connectivity index (χ0v) is 21.7. The van der Waals surface area contributed by atoms with Crippen molar-refractivity contribution in [3.63, 3.8) is 0 Å². The van der Waals surface area contributed by atoms with Gasteiger partial charge >= 0.3 is 11.9 Å². The molecule has 3 amide bonds. The molecule has 1 rings (SSSR count). The van der Waals surface area contributed by atoms with Crippen molar-refractivity contribution in [1.82, 2.24) is 16.0 Å². The molecule has 0 aromatic heterocycles. The van der Waals surface area contributed by atoms with Crippen molar-refractivity contribution in [2.24, 2.45) is 17.4 Å². The van der Waals surface area contributed by atoms with Crippen molar-refractivity contribution >= 4 is 29.7 Å². The molecule has 0 saturated heterocycles. The first-order chi connectivity index (χ1) is 17.8. The van der Waals surface area contributed by atoms with Crippen LogP contribution in [-0.2, 0) is 30.4 Å². The van der Waals surface area contributed by atoms with E-state index in [-0.39, 0.29) is 24.5 Å². The molecular weight excluding hydrogens is 498 g/mol. The summed E-state index contributed by atoms with van der Waals surface area (Å²) in [6.07, 6.45) is 0.815. The molecule has 4 unspecified atom stereocenters. The van der Waals surface area contributed by atoms with Crippen molar-refractivity contribution in [1.29, 1.82) is 0 Å². The number of aliphatic carboxylic acids is 2. The summed E-state index contributed by atoms with van der Waals surface area (Å²) in [4.78, 5) is 61.3. The van der Waals surface area contributed by atoms with E-state index >= 15 is 0 Å². The molecule has 1 aromatic rings. The van der Waals surface area contributed by atoms with Gasteiger partial charge in [-0.25, -0.2) is 4.79 Å². The molecule has 0 fully saturated rings. The summed E-state index contributed by atoms with van der Waals surface area (Å²) in [5.74, 6) is -5.11. The van der Waals surface area contributed by atoms with Crippen molar-refractivity contribution in [3.8, 4) is 5.75 Å². The third-order valence-electron chi connectivity index (χ3n) is 5.82. The van der Waals surface area contributed by atoms with Crippen LogP contribution in [0.5, 0.6) is 5.75 Å². The number of hydrogen-bond donors (Lipinski definition) is 8. The highest BCUT2D eigenvalue weighted by Crippen LogP contribution is 2.13. The lowest BCUT2D eigenvalue weighted by atomic mass is 9.99. The maximum Gasteiger partial charge on any atom is 0.326 e. The van der Waals surface area contributed by atoms with Gasteiger partial charge in [-0.05, 0) is 49.4 Å². The Morgan fingerprint density at radius 2 is 1.45 bits per heavy atom. The molecule has 38 heavy (non-hydrogen) atoms. The number of amides is 3. The summed E-state index contributed by atoms with van der Waals surface area (Å²) in [6.45, 7) is 3.87. The van der Waals surface area contributed by atoms with Gasteiger partial charge in [0, 0.05) is 12.8 Å². The summed E-state index contributed by atoms with van der Waals surface area (Å²) >= 11 is 0. The van der Waals surface area contributed by atoms with Gasteiger partial charge in [-0.3, -0.25) is 19.2 Å². The van der Waals surface area contributed by atoms with E-state index in [2.05, 4.69) is 16.0 Å². The second kappa shape index (κ2) is 16.2. The predicted octanol–water partition coefficient (Wildman–Crippen LogP) is -0.549. The lowest BCUT2D eigenvalue weighted by Crippen LogP contribution is -2.58. The minimum absolute atomic E-state index is 0.0104. The fraction of sp³-hybridized carbons (Fsp3) is 0.560. The molecule has 0 aliphatic heterocycles. The number of rotatable bonds is 17. The standard InChI is InChI=1S/C25H39N5O8/c1-14(2)21(30-22(34)17(27)5-3-4-12-26)24(36)29-19(13-15-6-8-16(31)9-7-15)23(35)28-18(25(37)38)10-11-20(32)33/h6-9,14,17-19,21,31H,3-5,10-13,26-27H2,1-2H3,(H,28,35)(H,29,36)(H,30,34)(H,32,33)(H,37,38). The van der Waals surface area contributed by atoms with Gasteiger partial charge in [0.05, 0.1) is 6.04 Å². The van der Waals surface area contributed by atoms with Gasteiger partial charge in [0.25, 0.3) is 0 Å². The van der Waals surface area contributed by atoms with Gasteiger partial charge in [-0.1, -0.05) is 32.4 Å². The second-order valence-corrected chi connectivity index (χ2v) is 9.38. The topological polar surface area (TPSA) is 234 Å². The SMILES string of the molecule is CC(C)C(NC(=O)C(N)CCCCN)C(=O)NC(Cc1ccc(O)cc1)C(=O)NC(CCC(=O)O)C(=O)O. The molecular formula is C25H39N5O8. The minimum Gasteiger partial charge on any atom is -0.508 e. The number of carboxylic acids is 2. The summed E-state index contributed by atoms with van der Waals surface area (Å²) in [5.41, 5.74) is 11.9. The summed E-state index contributed by atoms with van der Waals surface area (Å²) in [6, 6.07) is 1.19. The van der Waals surface area contributed by atoms with Crippen LogP contribution in [0.15, 0.2) is 24.3 Å². The van der Waals surface area contributed by atoms with Crippen LogP contribution < -0.4 is 27.4 Å². The molecule has 0 spiro atoms. The quantitative estimate of drug-likeness (QED) is 0.118. The summed E-state index contributed by atoms with van der Waals surface area (Å²) < 4.78 is 0. The fourth-order valence-electron chi connectivity index (χ4n) is 3.57. The van der Waals surface area contributed by atoms with E-state index in [4.69, 9.17) is 16.6 Å². The highest BCUT2D eigenvalue weighted by molar-refractivity contribution is 5.94. The van der Waals surface area contributed by atoms with Gasteiger partial charge in [-0.2, -0.15) is 0 Å². The molecule has 0 bridgehead atoms. The molecule has 0 radical (unpaired) electrons. The second-order valence-electron chi connectivity index (χ2n) is 9.38. The Morgan fingerprint density at radius 1 is 0.842 bits per heavy atom. The van der Waals surface area contributed by atoms with E-state index in [0.29, 0.717) is 31.4 Å². The van der Waals surface area contributed by atoms with Gasteiger partial charge in [0.2, 0.25) is 17.7 Å². The van der Waals surface area contributed by atoms with E-state index in [1.165, 1.54) is 24.3 Å². The average Bonchev–Trinajstić information content (AvgIpc) is 2.84. The summed E-state index contributed by atoms with van der Waals surface area (Å²) in [7, 11) is 0. The number of aromatic hydroxyl groups is 1.